The lowest BCUT2D eigenvalue weighted by atomic mass is 10.1. The molecule has 0 saturated heterocycles. The number of aromatic nitrogens is 4. The van der Waals surface area contributed by atoms with Crippen molar-refractivity contribution in [3.05, 3.63) is 186 Å². The van der Waals surface area contributed by atoms with E-state index in [1.165, 1.54) is 0 Å². The molecule has 0 spiro atoms. The van der Waals surface area contributed by atoms with Crippen molar-refractivity contribution in [2.75, 3.05) is 13.2 Å². The third-order valence-corrected chi connectivity index (χ3v) is 8.00. The number of carbonyl (C=O) groups is 4. The van der Waals surface area contributed by atoms with Crippen molar-refractivity contribution < 1.29 is 28.7 Å². The number of rotatable bonds is 10. The van der Waals surface area contributed by atoms with Crippen LogP contribution in [0.1, 0.15) is 66.7 Å². The molecule has 0 N–H and O–H groups in total. The first-order valence-corrected chi connectivity index (χ1v) is 17.1. The normalized spacial score (nSPS) is 10.4. The van der Waals surface area contributed by atoms with Crippen LogP contribution in [0.3, 0.4) is 0 Å². The molecule has 14 heteroatoms. The zero-order chi connectivity index (χ0) is 38.8. The predicted octanol–water partition coefficient (Wildman–Crippen LogP) is 6.59. The van der Waals surface area contributed by atoms with E-state index in [0.717, 1.165) is 21.5 Å². The third-order valence-electron chi connectivity index (χ3n) is 7.49. The molecule has 0 bridgehead atoms. The first kappa shape index (κ1) is 38.7. The van der Waals surface area contributed by atoms with Gasteiger partial charge in [-0.05, 0) is 98.8 Å². The molecule has 272 valence electrons. The van der Waals surface area contributed by atoms with Gasteiger partial charge in [-0.25, -0.2) is 9.59 Å². The molecule has 0 fully saturated rings. The Balaban J connectivity index is 0.000000208. The van der Waals surface area contributed by atoms with E-state index in [2.05, 4.69) is 10.2 Å². The van der Waals surface area contributed by atoms with Gasteiger partial charge in [0.2, 0.25) is 11.6 Å². The van der Waals surface area contributed by atoms with Crippen molar-refractivity contribution in [1.29, 1.82) is 0 Å². The molecule has 0 unspecified atom stereocenters. The highest BCUT2D eigenvalue weighted by Crippen LogP contribution is 2.16. The number of hydrogen-bond acceptors (Lipinski definition) is 10. The summed E-state index contributed by atoms with van der Waals surface area (Å²) in [5.74, 6) is -2.50. The molecule has 0 radical (unpaired) electrons. The maximum Gasteiger partial charge on any atom is 0.343 e. The van der Waals surface area contributed by atoms with Gasteiger partial charge < -0.3 is 9.47 Å². The number of hydrogen-bond donors (Lipinski definition) is 0. The Morgan fingerprint density at radius 2 is 0.870 bits per heavy atom. The lowest BCUT2D eigenvalue weighted by molar-refractivity contribution is 0.0513. The van der Waals surface area contributed by atoms with Crippen molar-refractivity contribution in [2.24, 2.45) is 0 Å². The van der Waals surface area contributed by atoms with Crippen LogP contribution in [-0.4, -0.2) is 56.3 Å². The molecule has 4 aromatic carbocycles. The molecule has 0 atom stereocenters. The molecular formula is C40H30Cl2N4O8. The number of benzene rings is 4. The van der Waals surface area contributed by atoms with Crippen LogP contribution in [0.25, 0.3) is 11.4 Å². The van der Waals surface area contributed by atoms with Gasteiger partial charge in [0.1, 0.15) is 22.5 Å². The van der Waals surface area contributed by atoms with Crippen molar-refractivity contribution in [3.63, 3.8) is 0 Å². The van der Waals surface area contributed by atoms with Gasteiger partial charge in [0, 0.05) is 21.2 Å². The summed E-state index contributed by atoms with van der Waals surface area (Å²) in [6, 6.07) is 31.9. The zero-order valence-corrected chi connectivity index (χ0v) is 30.3. The van der Waals surface area contributed by atoms with Crippen LogP contribution in [0.5, 0.6) is 0 Å². The Hall–Kier alpha value is -6.50. The molecular weight excluding hydrogens is 735 g/mol. The topological polar surface area (TPSA) is 157 Å². The Kier molecular flexibility index (Phi) is 12.8. The molecule has 54 heavy (non-hydrogen) atoms. The molecule has 2 heterocycles. The Morgan fingerprint density at radius 3 is 1.19 bits per heavy atom. The van der Waals surface area contributed by atoms with E-state index in [-0.39, 0.29) is 35.7 Å². The summed E-state index contributed by atoms with van der Waals surface area (Å²) in [6.07, 6.45) is 0. The van der Waals surface area contributed by atoms with Gasteiger partial charge in [-0.3, -0.25) is 19.2 Å². The van der Waals surface area contributed by atoms with Crippen LogP contribution in [0.2, 0.25) is 10.0 Å². The van der Waals surface area contributed by atoms with Gasteiger partial charge in [0.05, 0.1) is 24.6 Å². The van der Waals surface area contributed by atoms with Crippen LogP contribution in [0.15, 0.2) is 131 Å². The van der Waals surface area contributed by atoms with Crippen molar-refractivity contribution >= 4 is 46.7 Å². The third kappa shape index (κ3) is 9.10. The summed E-state index contributed by atoms with van der Waals surface area (Å²) in [4.78, 5) is 75.5. The van der Waals surface area contributed by atoms with Gasteiger partial charge in [-0.2, -0.15) is 19.6 Å². The molecule has 0 aliphatic heterocycles. The quantitative estimate of drug-likeness (QED) is 0.110. The molecule has 12 nitrogen and oxygen atoms in total. The van der Waals surface area contributed by atoms with E-state index in [4.69, 9.17) is 32.7 Å². The lowest BCUT2D eigenvalue weighted by Crippen LogP contribution is -2.30. The van der Waals surface area contributed by atoms with Gasteiger partial charge in [-0.1, -0.05) is 59.6 Å². The summed E-state index contributed by atoms with van der Waals surface area (Å²) >= 11 is 11.7. The number of ether oxygens (including phenoxy) is 2. The van der Waals surface area contributed by atoms with Gasteiger partial charge in [-0.15, -0.1) is 0 Å². The number of carbonyl (C=O) groups excluding carboxylic acids is 4. The summed E-state index contributed by atoms with van der Waals surface area (Å²) in [7, 11) is 0. The van der Waals surface area contributed by atoms with Gasteiger partial charge in [0.25, 0.3) is 11.1 Å². The van der Waals surface area contributed by atoms with Crippen LogP contribution in [0, 0.1) is 0 Å². The number of para-hydroxylation sites is 2. The molecule has 0 saturated carbocycles. The first-order chi connectivity index (χ1) is 26.0. The number of ketones is 2. The summed E-state index contributed by atoms with van der Waals surface area (Å²) in [5.41, 5.74) is -0.411. The fraction of sp³-hybridized carbons (Fsp3) is 0.100. The second-order valence-electron chi connectivity index (χ2n) is 11.1. The second kappa shape index (κ2) is 17.8. The van der Waals surface area contributed by atoms with E-state index < -0.39 is 34.6 Å². The van der Waals surface area contributed by atoms with Crippen molar-refractivity contribution in [1.82, 2.24) is 19.6 Å². The minimum atomic E-state index is -0.806. The van der Waals surface area contributed by atoms with E-state index in [1.807, 2.05) is 0 Å². The van der Waals surface area contributed by atoms with E-state index in [0.29, 0.717) is 32.5 Å². The average Bonchev–Trinajstić information content (AvgIpc) is 3.19. The zero-order valence-electron chi connectivity index (χ0n) is 28.8. The highest BCUT2D eigenvalue weighted by Gasteiger charge is 2.23. The lowest BCUT2D eigenvalue weighted by Gasteiger charge is -2.10. The SMILES string of the molecule is CCOC(=O)c1cc(C(=O)c2ccc(Cl)cc2)nn(-c2ccccc2)c1=O.CCOC(=O)c1cc(C(=O)c2ccc(Cl)cc2)nn(-c2ccccc2)c1=O. The highest BCUT2D eigenvalue weighted by atomic mass is 35.5. The average molecular weight is 766 g/mol. The molecule has 6 aromatic rings. The second-order valence-corrected chi connectivity index (χ2v) is 12.0. The van der Waals surface area contributed by atoms with Crippen molar-refractivity contribution in [3.8, 4) is 11.4 Å². The number of esters is 2. The van der Waals surface area contributed by atoms with E-state index >= 15 is 0 Å². The Labute approximate surface area is 318 Å². The summed E-state index contributed by atoms with van der Waals surface area (Å²) in [5, 5.41) is 9.29. The van der Waals surface area contributed by atoms with Crippen LogP contribution in [0.4, 0.5) is 0 Å². The Morgan fingerprint density at radius 1 is 0.537 bits per heavy atom. The maximum absolute atomic E-state index is 12.8. The first-order valence-electron chi connectivity index (χ1n) is 16.4. The van der Waals surface area contributed by atoms with Gasteiger partial charge in [0.15, 0.2) is 0 Å². The molecule has 0 aliphatic rings. The summed E-state index contributed by atoms with van der Waals surface area (Å²) < 4.78 is 11.9. The molecule has 0 aliphatic carbocycles. The monoisotopic (exact) mass is 764 g/mol. The van der Waals surface area contributed by atoms with Crippen LogP contribution in [-0.2, 0) is 9.47 Å². The fourth-order valence-electron chi connectivity index (χ4n) is 4.91. The fourth-order valence-corrected chi connectivity index (χ4v) is 5.16. The van der Waals surface area contributed by atoms with Crippen molar-refractivity contribution in [2.45, 2.75) is 13.8 Å². The molecule has 2 aromatic heterocycles. The largest absolute Gasteiger partial charge is 0.462 e. The smallest absolute Gasteiger partial charge is 0.343 e. The van der Waals surface area contributed by atoms with Crippen LogP contribution < -0.4 is 11.1 Å². The minimum Gasteiger partial charge on any atom is -0.462 e. The summed E-state index contributed by atoms with van der Waals surface area (Å²) in [6.45, 7) is 3.47. The van der Waals surface area contributed by atoms with E-state index in [1.54, 1.807) is 123 Å². The van der Waals surface area contributed by atoms with E-state index in [9.17, 15) is 28.8 Å². The van der Waals surface area contributed by atoms with Gasteiger partial charge >= 0.3 is 11.9 Å². The number of halogens is 2. The Bertz CT molecular complexity index is 2260. The minimum absolute atomic E-state index is 0.0520. The predicted molar refractivity (Wildman–Crippen MR) is 201 cm³/mol. The molecule has 6 rings (SSSR count). The molecule has 0 amide bonds. The maximum atomic E-state index is 12.8. The van der Waals surface area contributed by atoms with Crippen LogP contribution >= 0.6 is 23.2 Å². The number of nitrogens with zero attached hydrogens (tertiary/aromatic N) is 4. The standard InChI is InChI=1S/2C20H15ClN2O4/c2*1-2-27-20(26)16-12-17(18(24)13-8-10-14(21)11-9-13)22-23(19(16)25)15-6-4-3-5-7-15/h2*3-12H,2H2,1H3. The highest BCUT2D eigenvalue weighted by molar-refractivity contribution is 6.31.